The maximum absolute atomic E-state index is 12.9. The lowest BCUT2D eigenvalue weighted by Gasteiger charge is -2.17. The minimum absolute atomic E-state index is 0.111. The molecule has 0 saturated heterocycles. The van der Waals surface area contributed by atoms with Crippen LogP contribution in [0, 0.1) is 11.3 Å². The molecule has 1 aromatic heterocycles. The van der Waals surface area contributed by atoms with E-state index in [-0.39, 0.29) is 17.3 Å². The fraction of sp³-hybridized carbons (Fsp3) is 0.0800. The van der Waals surface area contributed by atoms with Crippen LogP contribution in [-0.2, 0) is 16.6 Å². The van der Waals surface area contributed by atoms with Gasteiger partial charge >= 0.3 is 0 Å². The molecular weight excluding hydrogens is 468 g/mol. The van der Waals surface area contributed by atoms with Gasteiger partial charge in [-0.05, 0) is 42.0 Å². The topological polar surface area (TPSA) is 103 Å². The number of benzene rings is 3. The van der Waals surface area contributed by atoms with E-state index in [9.17, 15) is 13.2 Å². The lowest BCUT2D eigenvalue weighted by molar-refractivity contribution is 0.102. The van der Waals surface area contributed by atoms with Crippen LogP contribution in [0.4, 0.5) is 5.13 Å². The summed E-state index contributed by atoms with van der Waals surface area (Å²) in [5.74, 6) is -0.387. The SMILES string of the molecule is CN(Cc1ccccc1)S(=O)(=O)c1ccc(C(=O)Nc2nc(-c3ccc(C#N)cc3)cs2)cc1. The molecule has 0 radical (unpaired) electrons. The summed E-state index contributed by atoms with van der Waals surface area (Å²) < 4.78 is 27.0. The highest BCUT2D eigenvalue weighted by Crippen LogP contribution is 2.26. The first-order valence-electron chi connectivity index (χ1n) is 10.2. The Balaban J connectivity index is 1.43. The van der Waals surface area contributed by atoms with Gasteiger partial charge in [0.1, 0.15) is 0 Å². The second kappa shape index (κ2) is 9.97. The third kappa shape index (κ3) is 5.21. The molecule has 0 fully saturated rings. The number of nitrogens with zero attached hydrogens (tertiary/aromatic N) is 3. The van der Waals surface area contributed by atoms with Gasteiger partial charge in [0, 0.05) is 30.1 Å². The molecule has 1 amide bonds. The first kappa shape index (κ1) is 23.3. The van der Waals surface area contributed by atoms with Gasteiger partial charge in [-0.3, -0.25) is 10.1 Å². The van der Waals surface area contributed by atoms with Crippen LogP contribution in [0.5, 0.6) is 0 Å². The second-order valence-corrected chi connectivity index (χ2v) is 10.4. The van der Waals surface area contributed by atoms with Crippen LogP contribution in [0.15, 0.2) is 89.1 Å². The Bertz CT molecular complexity index is 1440. The molecule has 0 unspecified atom stereocenters. The zero-order valence-corrected chi connectivity index (χ0v) is 19.8. The molecule has 0 aliphatic carbocycles. The normalized spacial score (nSPS) is 11.2. The van der Waals surface area contributed by atoms with Crippen LogP contribution < -0.4 is 5.32 Å². The Hall–Kier alpha value is -3.84. The first-order chi connectivity index (χ1) is 16.4. The van der Waals surface area contributed by atoms with Crippen molar-refractivity contribution in [1.82, 2.24) is 9.29 Å². The molecule has 0 spiro atoms. The van der Waals surface area contributed by atoms with Gasteiger partial charge in [-0.2, -0.15) is 9.57 Å². The van der Waals surface area contributed by atoms with E-state index in [1.165, 1.54) is 47.0 Å². The number of rotatable bonds is 7. The van der Waals surface area contributed by atoms with Crippen LogP contribution in [0.1, 0.15) is 21.5 Å². The quantitative estimate of drug-likeness (QED) is 0.404. The summed E-state index contributed by atoms with van der Waals surface area (Å²) in [5, 5.41) is 13.9. The van der Waals surface area contributed by atoms with E-state index in [1.54, 1.807) is 24.3 Å². The zero-order valence-electron chi connectivity index (χ0n) is 18.2. The number of sulfonamides is 1. The fourth-order valence-electron chi connectivity index (χ4n) is 3.23. The van der Waals surface area contributed by atoms with Crippen LogP contribution in [0.2, 0.25) is 0 Å². The minimum Gasteiger partial charge on any atom is -0.298 e. The molecule has 7 nitrogen and oxygen atoms in total. The lowest BCUT2D eigenvalue weighted by atomic mass is 10.1. The number of nitriles is 1. The Morgan fingerprint density at radius 3 is 2.35 bits per heavy atom. The van der Waals surface area contributed by atoms with E-state index in [1.807, 2.05) is 35.7 Å². The largest absolute Gasteiger partial charge is 0.298 e. The summed E-state index contributed by atoms with van der Waals surface area (Å²) in [5.41, 5.74) is 3.29. The molecule has 1 heterocycles. The molecule has 34 heavy (non-hydrogen) atoms. The maximum atomic E-state index is 12.9. The van der Waals surface area contributed by atoms with Gasteiger partial charge in [-0.15, -0.1) is 11.3 Å². The summed E-state index contributed by atoms with van der Waals surface area (Å²) in [6.07, 6.45) is 0. The number of aromatic nitrogens is 1. The van der Waals surface area contributed by atoms with Gasteiger partial charge in [-0.25, -0.2) is 13.4 Å². The van der Waals surface area contributed by atoms with E-state index >= 15 is 0 Å². The molecule has 1 N–H and O–H groups in total. The van der Waals surface area contributed by atoms with E-state index < -0.39 is 10.0 Å². The molecule has 4 aromatic rings. The van der Waals surface area contributed by atoms with E-state index in [4.69, 9.17) is 5.26 Å². The van der Waals surface area contributed by atoms with Gasteiger partial charge < -0.3 is 0 Å². The van der Waals surface area contributed by atoms with Crippen molar-refractivity contribution in [2.75, 3.05) is 12.4 Å². The van der Waals surface area contributed by atoms with Crippen LogP contribution in [0.25, 0.3) is 11.3 Å². The van der Waals surface area contributed by atoms with Crippen molar-refractivity contribution >= 4 is 32.4 Å². The highest BCUT2D eigenvalue weighted by Gasteiger charge is 2.21. The van der Waals surface area contributed by atoms with Crippen molar-refractivity contribution < 1.29 is 13.2 Å². The van der Waals surface area contributed by atoms with Gasteiger partial charge in [0.05, 0.1) is 22.2 Å². The number of hydrogen-bond donors (Lipinski definition) is 1. The van der Waals surface area contributed by atoms with Gasteiger partial charge in [0.2, 0.25) is 10.0 Å². The van der Waals surface area contributed by atoms with Crippen molar-refractivity contribution in [2.24, 2.45) is 0 Å². The van der Waals surface area contributed by atoms with Gasteiger partial charge in [0.15, 0.2) is 5.13 Å². The van der Waals surface area contributed by atoms with E-state index in [2.05, 4.69) is 16.4 Å². The van der Waals surface area contributed by atoms with Gasteiger partial charge in [0.25, 0.3) is 5.91 Å². The average molecular weight is 489 g/mol. The molecule has 170 valence electrons. The number of hydrogen-bond acceptors (Lipinski definition) is 6. The third-order valence-electron chi connectivity index (χ3n) is 5.11. The Kier molecular flexibility index (Phi) is 6.84. The van der Waals surface area contributed by atoms with E-state index in [0.29, 0.717) is 22.0 Å². The summed E-state index contributed by atoms with van der Waals surface area (Å²) >= 11 is 1.28. The van der Waals surface area contributed by atoms with Crippen molar-refractivity contribution in [2.45, 2.75) is 11.4 Å². The number of anilines is 1. The van der Waals surface area contributed by atoms with Gasteiger partial charge in [-0.1, -0.05) is 42.5 Å². The number of carbonyl (C=O) groups is 1. The van der Waals surface area contributed by atoms with Crippen molar-refractivity contribution in [1.29, 1.82) is 5.26 Å². The Labute approximate surface area is 202 Å². The maximum Gasteiger partial charge on any atom is 0.257 e. The summed E-state index contributed by atoms with van der Waals surface area (Å²) in [7, 11) is -2.18. The average Bonchev–Trinajstić information content (AvgIpc) is 3.33. The predicted molar refractivity (Wildman–Crippen MR) is 132 cm³/mol. The van der Waals surface area contributed by atoms with Crippen LogP contribution in [0.3, 0.4) is 0 Å². The lowest BCUT2D eigenvalue weighted by Crippen LogP contribution is -2.26. The molecule has 0 aliphatic rings. The van der Waals surface area contributed by atoms with Crippen molar-refractivity contribution in [3.63, 3.8) is 0 Å². The highest BCUT2D eigenvalue weighted by atomic mass is 32.2. The second-order valence-electron chi connectivity index (χ2n) is 7.45. The number of nitrogens with one attached hydrogen (secondary N) is 1. The summed E-state index contributed by atoms with van der Waals surface area (Å²) in [6.45, 7) is 0.247. The first-order valence-corrected chi connectivity index (χ1v) is 12.6. The molecule has 9 heteroatoms. The number of thiazole rings is 1. The number of amides is 1. The standard InChI is InChI=1S/C25H20N4O3S2/c1-29(16-19-5-3-2-4-6-19)34(31,32)22-13-11-21(12-14-22)24(30)28-25-27-23(17-33-25)20-9-7-18(15-26)8-10-20/h2-14,17H,16H2,1H3,(H,27,28,30). The van der Waals surface area contributed by atoms with Crippen LogP contribution >= 0.6 is 11.3 Å². The molecule has 0 aliphatic heterocycles. The smallest absolute Gasteiger partial charge is 0.257 e. The molecule has 0 bridgehead atoms. The van der Waals surface area contributed by atoms with E-state index in [0.717, 1.165) is 11.1 Å². The molecule has 3 aromatic carbocycles. The van der Waals surface area contributed by atoms with Crippen LogP contribution in [-0.4, -0.2) is 30.7 Å². The zero-order chi connectivity index (χ0) is 24.1. The summed E-state index contributed by atoms with van der Waals surface area (Å²) in [6, 6.07) is 24.2. The molecule has 4 rings (SSSR count). The molecular formula is C25H20N4O3S2. The number of carbonyl (C=O) groups excluding carboxylic acids is 1. The Morgan fingerprint density at radius 2 is 1.71 bits per heavy atom. The minimum atomic E-state index is -3.70. The predicted octanol–water partition coefficient (Wildman–Crippen LogP) is 4.75. The molecule has 0 atom stereocenters. The highest BCUT2D eigenvalue weighted by molar-refractivity contribution is 7.89. The summed E-state index contributed by atoms with van der Waals surface area (Å²) in [4.78, 5) is 17.2. The van der Waals surface area contributed by atoms with Crippen molar-refractivity contribution in [3.8, 4) is 17.3 Å². The Morgan fingerprint density at radius 1 is 1.03 bits per heavy atom. The molecule has 0 saturated carbocycles. The third-order valence-corrected chi connectivity index (χ3v) is 7.68. The fourth-order valence-corrected chi connectivity index (χ4v) is 5.11. The monoisotopic (exact) mass is 488 g/mol. The van der Waals surface area contributed by atoms with Crippen molar-refractivity contribution in [3.05, 3.63) is 101 Å².